The molecule has 1 aromatic carbocycles. The van der Waals surface area contributed by atoms with Gasteiger partial charge in [-0.1, -0.05) is 0 Å². The summed E-state index contributed by atoms with van der Waals surface area (Å²) in [5, 5.41) is 0.862. The third-order valence-electron chi connectivity index (χ3n) is 4.24. The van der Waals surface area contributed by atoms with Gasteiger partial charge in [-0.15, -0.1) is 0 Å². The number of fused-ring (bicyclic) bond motifs is 1. The number of aromatic nitrogens is 2. The van der Waals surface area contributed by atoms with Crippen molar-refractivity contribution in [2.75, 3.05) is 25.9 Å². The van der Waals surface area contributed by atoms with Crippen LogP contribution in [-0.2, 0) is 0 Å². The summed E-state index contributed by atoms with van der Waals surface area (Å²) in [6, 6.07) is 4.49. The maximum atomic E-state index is 6.03. The number of rotatable bonds is 3. The van der Waals surface area contributed by atoms with E-state index in [9.17, 15) is 0 Å². The molecule has 1 aromatic heterocycles. The van der Waals surface area contributed by atoms with E-state index in [1.54, 1.807) is 0 Å². The highest BCUT2D eigenvalue weighted by atomic mass is 16.5. The summed E-state index contributed by atoms with van der Waals surface area (Å²) < 4.78 is 6.03. The summed E-state index contributed by atoms with van der Waals surface area (Å²) in [6.07, 6.45) is 2.45. The molecule has 0 bridgehead atoms. The van der Waals surface area contributed by atoms with E-state index in [0.717, 1.165) is 35.4 Å². The van der Waals surface area contributed by atoms with Gasteiger partial charge in [0.15, 0.2) is 0 Å². The third kappa shape index (κ3) is 2.78. The van der Waals surface area contributed by atoms with Crippen molar-refractivity contribution in [1.29, 1.82) is 0 Å². The molecule has 0 saturated carbocycles. The Kier molecular flexibility index (Phi) is 3.68. The molecule has 0 aliphatic carbocycles. The zero-order valence-corrected chi connectivity index (χ0v) is 12.9. The molecule has 1 aliphatic heterocycles. The molecule has 0 unspecified atom stereocenters. The molecule has 3 rings (SSSR count). The second kappa shape index (κ2) is 5.48. The molecule has 0 radical (unpaired) electrons. The summed E-state index contributed by atoms with van der Waals surface area (Å²) in [5.41, 5.74) is 7.96. The Morgan fingerprint density at radius 3 is 2.86 bits per heavy atom. The molecule has 2 heterocycles. The molecule has 1 fully saturated rings. The van der Waals surface area contributed by atoms with E-state index in [2.05, 4.69) is 21.9 Å². The molecule has 0 spiro atoms. The van der Waals surface area contributed by atoms with E-state index in [-0.39, 0.29) is 0 Å². The van der Waals surface area contributed by atoms with E-state index < -0.39 is 0 Å². The van der Waals surface area contributed by atoms with Gasteiger partial charge in [-0.2, -0.15) is 0 Å². The van der Waals surface area contributed by atoms with Crippen LogP contribution in [0, 0.1) is 13.8 Å². The smallest absolute Gasteiger partial charge is 0.135 e. The van der Waals surface area contributed by atoms with Crippen LogP contribution >= 0.6 is 0 Å². The Labute approximate surface area is 125 Å². The first-order chi connectivity index (χ1) is 10.0. The number of nitrogen functional groups attached to an aromatic ring is 1. The number of likely N-dealkylation sites (tertiary alicyclic amines) is 1. The fourth-order valence-electron chi connectivity index (χ4n) is 2.94. The van der Waals surface area contributed by atoms with Crippen LogP contribution in [0.4, 0.5) is 5.82 Å². The molecule has 112 valence electrons. The quantitative estimate of drug-likeness (QED) is 0.938. The number of benzene rings is 1. The average molecular weight is 286 g/mol. The second-order valence-electron chi connectivity index (χ2n) is 5.88. The van der Waals surface area contributed by atoms with Gasteiger partial charge >= 0.3 is 0 Å². The summed E-state index contributed by atoms with van der Waals surface area (Å²) >= 11 is 0. The number of hydrogen-bond donors (Lipinski definition) is 1. The van der Waals surface area contributed by atoms with E-state index in [1.165, 1.54) is 12.8 Å². The van der Waals surface area contributed by atoms with Crippen molar-refractivity contribution >= 4 is 16.7 Å². The lowest BCUT2D eigenvalue weighted by Crippen LogP contribution is -2.30. The van der Waals surface area contributed by atoms with E-state index >= 15 is 0 Å². The van der Waals surface area contributed by atoms with Crippen molar-refractivity contribution in [3.63, 3.8) is 0 Å². The van der Waals surface area contributed by atoms with Crippen molar-refractivity contribution in [1.82, 2.24) is 14.9 Å². The molecule has 5 heteroatoms. The van der Waals surface area contributed by atoms with E-state index in [4.69, 9.17) is 10.5 Å². The lowest BCUT2D eigenvalue weighted by Gasteiger charge is -2.20. The van der Waals surface area contributed by atoms with Crippen LogP contribution in [0.15, 0.2) is 12.1 Å². The Balaban J connectivity index is 1.86. The predicted octanol–water partition coefficient (Wildman–Crippen LogP) is 2.30. The minimum atomic E-state index is 0.506. The van der Waals surface area contributed by atoms with Crippen LogP contribution in [0.1, 0.15) is 24.2 Å². The molecule has 1 atom stereocenters. The van der Waals surface area contributed by atoms with Crippen LogP contribution < -0.4 is 10.5 Å². The summed E-state index contributed by atoms with van der Waals surface area (Å²) in [6.45, 7) is 5.77. The van der Waals surface area contributed by atoms with Crippen LogP contribution in [-0.4, -0.2) is 41.1 Å². The standard InChI is InChI=1S/C16H22N4O/c1-10-7-14-13(16(17)19-11(2)18-14)8-15(10)21-9-12-5-4-6-20(12)3/h7-8,12H,4-6,9H2,1-3H3,(H2,17,18,19)/t12-/m0/s1. The second-order valence-corrected chi connectivity index (χ2v) is 5.88. The molecular weight excluding hydrogens is 264 g/mol. The van der Waals surface area contributed by atoms with Crippen LogP contribution in [0.2, 0.25) is 0 Å². The molecule has 1 aliphatic rings. The predicted molar refractivity (Wildman–Crippen MR) is 84.6 cm³/mol. The Hall–Kier alpha value is -1.88. The first-order valence-corrected chi connectivity index (χ1v) is 7.42. The Morgan fingerprint density at radius 1 is 1.33 bits per heavy atom. The fraction of sp³-hybridized carbons (Fsp3) is 0.500. The monoisotopic (exact) mass is 286 g/mol. The summed E-state index contributed by atoms with van der Waals surface area (Å²) in [5.74, 6) is 2.09. The molecule has 5 nitrogen and oxygen atoms in total. The van der Waals surface area contributed by atoms with Gasteiger partial charge in [-0.05, 0) is 58.0 Å². The summed E-state index contributed by atoms with van der Waals surface area (Å²) in [4.78, 5) is 11.0. The van der Waals surface area contributed by atoms with Crippen molar-refractivity contribution in [3.8, 4) is 5.75 Å². The Morgan fingerprint density at radius 2 is 2.14 bits per heavy atom. The normalized spacial score (nSPS) is 19.3. The van der Waals surface area contributed by atoms with Gasteiger partial charge in [0, 0.05) is 11.4 Å². The average Bonchev–Trinajstić information content (AvgIpc) is 2.82. The fourth-order valence-corrected chi connectivity index (χ4v) is 2.94. The van der Waals surface area contributed by atoms with Crippen LogP contribution in [0.25, 0.3) is 10.9 Å². The number of ether oxygens (including phenoxy) is 1. The highest BCUT2D eigenvalue weighted by Crippen LogP contribution is 2.28. The Bertz CT molecular complexity index is 671. The number of hydrogen-bond acceptors (Lipinski definition) is 5. The van der Waals surface area contributed by atoms with Crippen LogP contribution in [0.5, 0.6) is 5.75 Å². The molecule has 1 saturated heterocycles. The molecule has 0 amide bonds. The van der Waals surface area contributed by atoms with Gasteiger partial charge in [-0.3, -0.25) is 0 Å². The largest absolute Gasteiger partial charge is 0.492 e. The van der Waals surface area contributed by atoms with Gasteiger partial charge in [0.25, 0.3) is 0 Å². The van der Waals surface area contributed by atoms with Gasteiger partial charge in [0.2, 0.25) is 0 Å². The maximum Gasteiger partial charge on any atom is 0.135 e. The van der Waals surface area contributed by atoms with Gasteiger partial charge in [0.05, 0.1) is 5.52 Å². The SMILES string of the molecule is Cc1nc(N)c2cc(OC[C@@H]3CCCN3C)c(C)cc2n1. The van der Waals surface area contributed by atoms with E-state index in [1.807, 2.05) is 26.0 Å². The van der Waals surface area contributed by atoms with Crippen molar-refractivity contribution in [2.24, 2.45) is 0 Å². The first-order valence-electron chi connectivity index (χ1n) is 7.42. The zero-order valence-electron chi connectivity index (χ0n) is 12.9. The maximum absolute atomic E-state index is 6.03. The highest BCUT2D eigenvalue weighted by Gasteiger charge is 2.21. The number of anilines is 1. The van der Waals surface area contributed by atoms with Crippen molar-refractivity contribution in [2.45, 2.75) is 32.7 Å². The molecule has 2 N–H and O–H groups in total. The lowest BCUT2D eigenvalue weighted by atomic mass is 10.1. The van der Waals surface area contributed by atoms with Gasteiger partial charge < -0.3 is 15.4 Å². The number of likely N-dealkylation sites (N-methyl/N-ethyl adjacent to an activating group) is 1. The first kappa shape index (κ1) is 14.1. The number of nitrogens with two attached hydrogens (primary N) is 1. The zero-order chi connectivity index (χ0) is 15.0. The third-order valence-corrected chi connectivity index (χ3v) is 4.24. The minimum Gasteiger partial charge on any atom is -0.492 e. The topological polar surface area (TPSA) is 64.3 Å². The summed E-state index contributed by atoms with van der Waals surface area (Å²) in [7, 11) is 2.16. The van der Waals surface area contributed by atoms with Crippen molar-refractivity contribution < 1.29 is 4.74 Å². The lowest BCUT2D eigenvalue weighted by molar-refractivity contribution is 0.197. The van der Waals surface area contributed by atoms with E-state index in [0.29, 0.717) is 17.7 Å². The number of aryl methyl sites for hydroxylation is 2. The molecule has 21 heavy (non-hydrogen) atoms. The van der Waals surface area contributed by atoms with Crippen molar-refractivity contribution in [3.05, 3.63) is 23.5 Å². The van der Waals surface area contributed by atoms with Gasteiger partial charge in [-0.25, -0.2) is 9.97 Å². The molecule has 2 aromatic rings. The van der Waals surface area contributed by atoms with Crippen LogP contribution in [0.3, 0.4) is 0 Å². The molecular formula is C16H22N4O. The minimum absolute atomic E-state index is 0.506. The van der Waals surface area contributed by atoms with Gasteiger partial charge in [0.1, 0.15) is 24.0 Å². The number of nitrogens with zero attached hydrogens (tertiary/aromatic N) is 3. The highest BCUT2D eigenvalue weighted by molar-refractivity contribution is 5.89.